The molecule has 0 saturated heterocycles. The molecule has 0 aliphatic heterocycles. The van der Waals surface area contributed by atoms with Gasteiger partial charge in [0.05, 0.1) is 0 Å². The van der Waals surface area contributed by atoms with E-state index in [2.05, 4.69) is 12.1 Å². The van der Waals surface area contributed by atoms with E-state index in [1.54, 1.807) is 6.07 Å². The van der Waals surface area contributed by atoms with Crippen molar-refractivity contribution < 1.29 is 9.18 Å². The summed E-state index contributed by atoms with van der Waals surface area (Å²) in [4.78, 5) is 10.8. The van der Waals surface area contributed by atoms with Gasteiger partial charge in [0, 0.05) is 11.1 Å². The lowest BCUT2D eigenvalue weighted by molar-refractivity contribution is 0.112. The van der Waals surface area contributed by atoms with Gasteiger partial charge in [-0.1, -0.05) is 43.5 Å². The Morgan fingerprint density at radius 1 is 0.952 bits per heavy atom. The first-order valence-corrected chi connectivity index (χ1v) is 7.63. The van der Waals surface area contributed by atoms with Gasteiger partial charge in [0.15, 0.2) is 0 Å². The van der Waals surface area contributed by atoms with E-state index in [-0.39, 0.29) is 5.82 Å². The molecule has 0 spiro atoms. The molecule has 1 nitrogen and oxygen atoms in total. The molecule has 108 valence electrons. The van der Waals surface area contributed by atoms with E-state index in [0.717, 1.165) is 11.8 Å². The average molecular weight is 282 g/mol. The Balaban J connectivity index is 1.88. The fraction of sp³-hybridized carbons (Fsp3) is 0.316. The highest BCUT2D eigenvalue weighted by Crippen LogP contribution is 2.34. The van der Waals surface area contributed by atoms with E-state index in [0.29, 0.717) is 17.0 Å². The Morgan fingerprint density at radius 2 is 1.67 bits per heavy atom. The Labute approximate surface area is 124 Å². The zero-order valence-electron chi connectivity index (χ0n) is 12.0. The monoisotopic (exact) mass is 282 g/mol. The van der Waals surface area contributed by atoms with Crippen LogP contribution in [0.15, 0.2) is 42.5 Å². The number of aldehydes is 1. The van der Waals surface area contributed by atoms with Gasteiger partial charge in [-0.15, -0.1) is 0 Å². The number of carbonyl (C=O) groups is 1. The molecule has 1 saturated carbocycles. The Morgan fingerprint density at radius 3 is 2.33 bits per heavy atom. The van der Waals surface area contributed by atoms with Crippen LogP contribution in [-0.4, -0.2) is 6.29 Å². The first-order valence-electron chi connectivity index (χ1n) is 7.63. The Hall–Kier alpha value is -1.96. The zero-order valence-corrected chi connectivity index (χ0v) is 12.0. The third-order valence-electron chi connectivity index (χ3n) is 4.42. The molecule has 2 heteroatoms. The molecule has 0 unspecified atom stereocenters. The minimum Gasteiger partial charge on any atom is -0.298 e. The van der Waals surface area contributed by atoms with Crippen molar-refractivity contribution in [2.45, 2.75) is 38.0 Å². The summed E-state index contributed by atoms with van der Waals surface area (Å²) in [5.41, 5.74) is 3.18. The summed E-state index contributed by atoms with van der Waals surface area (Å²) in [7, 11) is 0. The van der Waals surface area contributed by atoms with Crippen molar-refractivity contribution in [3.8, 4) is 11.1 Å². The fourth-order valence-electron chi connectivity index (χ4n) is 3.21. The molecule has 0 radical (unpaired) electrons. The smallest absolute Gasteiger partial charge is 0.150 e. The van der Waals surface area contributed by atoms with Gasteiger partial charge in [-0.05, 0) is 48.1 Å². The molecule has 0 aromatic heterocycles. The van der Waals surface area contributed by atoms with E-state index in [9.17, 15) is 9.18 Å². The van der Waals surface area contributed by atoms with E-state index in [1.165, 1.54) is 49.8 Å². The normalized spacial score (nSPS) is 15.9. The van der Waals surface area contributed by atoms with Crippen LogP contribution in [0.4, 0.5) is 4.39 Å². The minimum atomic E-state index is -0.286. The maximum absolute atomic E-state index is 13.9. The molecule has 1 aliphatic carbocycles. The quantitative estimate of drug-likeness (QED) is 0.693. The average Bonchev–Trinajstić information content (AvgIpc) is 2.56. The summed E-state index contributed by atoms with van der Waals surface area (Å²) in [5.74, 6) is 0.366. The first kappa shape index (κ1) is 14.0. The van der Waals surface area contributed by atoms with Crippen molar-refractivity contribution >= 4 is 6.29 Å². The standard InChI is InChI=1S/C19H19FO/c20-19-11-6-14(13-21)12-18(19)17-9-7-16(8-10-17)15-4-2-1-3-5-15/h6-13,15H,1-5H2. The second kappa shape index (κ2) is 6.21. The highest BCUT2D eigenvalue weighted by molar-refractivity contribution is 5.79. The summed E-state index contributed by atoms with van der Waals surface area (Å²) < 4.78 is 13.9. The SMILES string of the molecule is O=Cc1ccc(F)c(-c2ccc(C3CCCCC3)cc2)c1. The highest BCUT2D eigenvalue weighted by atomic mass is 19.1. The Kier molecular flexibility index (Phi) is 4.14. The van der Waals surface area contributed by atoms with Crippen LogP contribution in [0.1, 0.15) is 53.9 Å². The molecular formula is C19H19FO. The fourth-order valence-corrected chi connectivity index (χ4v) is 3.21. The van der Waals surface area contributed by atoms with Crippen molar-refractivity contribution in [2.75, 3.05) is 0 Å². The summed E-state index contributed by atoms with van der Waals surface area (Å²) in [6.07, 6.45) is 7.23. The maximum Gasteiger partial charge on any atom is 0.150 e. The van der Waals surface area contributed by atoms with Gasteiger partial charge >= 0.3 is 0 Å². The van der Waals surface area contributed by atoms with Gasteiger partial charge in [-0.25, -0.2) is 4.39 Å². The molecule has 0 heterocycles. The lowest BCUT2D eigenvalue weighted by atomic mass is 9.83. The van der Waals surface area contributed by atoms with Gasteiger partial charge in [-0.3, -0.25) is 4.79 Å². The topological polar surface area (TPSA) is 17.1 Å². The number of hydrogen-bond donors (Lipinski definition) is 0. The van der Waals surface area contributed by atoms with Crippen LogP contribution in [0.5, 0.6) is 0 Å². The first-order chi connectivity index (χ1) is 10.3. The van der Waals surface area contributed by atoms with Crippen molar-refractivity contribution in [3.63, 3.8) is 0 Å². The molecule has 1 aliphatic rings. The number of rotatable bonds is 3. The molecule has 2 aromatic carbocycles. The molecule has 0 bridgehead atoms. The predicted octanol–water partition coefficient (Wildman–Crippen LogP) is 5.35. The van der Waals surface area contributed by atoms with Crippen LogP contribution >= 0.6 is 0 Å². The number of hydrogen-bond acceptors (Lipinski definition) is 1. The van der Waals surface area contributed by atoms with Gasteiger partial charge in [0.1, 0.15) is 12.1 Å². The lowest BCUT2D eigenvalue weighted by Gasteiger charge is -2.22. The third kappa shape index (κ3) is 3.05. The van der Waals surface area contributed by atoms with Crippen molar-refractivity contribution in [2.24, 2.45) is 0 Å². The molecule has 2 aromatic rings. The summed E-state index contributed by atoms with van der Waals surface area (Å²) in [5, 5.41) is 0. The number of halogens is 1. The van der Waals surface area contributed by atoms with Crippen LogP contribution in [-0.2, 0) is 0 Å². The summed E-state index contributed by atoms with van der Waals surface area (Å²) in [6, 6.07) is 12.6. The summed E-state index contributed by atoms with van der Waals surface area (Å²) >= 11 is 0. The Bertz CT molecular complexity index is 625. The highest BCUT2D eigenvalue weighted by Gasteiger charge is 2.15. The molecule has 3 rings (SSSR count). The van der Waals surface area contributed by atoms with E-state index >= 15 is 0 Å². The van der Waals surface area contributed by atoms with E-state index in [4.69, 9.17) is 0 Å². The number of benzene rings is 2. The van der Waals surface area contributed by atoms with Crippen molar-refractivity contribution in [1.82, 2.24) is 0 Å². The molecule has 21 heavy (non-hydrogen) atoms. The molecular weight excluding hydrogens is 263 g/mol. The second-order valence-electron chi connectivity index (χ2n) is 5.81. The summed E-state index contributed by atoms with van der Waals surface area (Å²) in [6.45, 7) is 0. The van der Waals surface area contributed by atoms with Crippen LogP contribution < -0.4 is 0 Å². The van der Waals surface area contributed by atoms with Crippen molar-refractivity contribution in [1.29, 1.82) is 0 Å². The molecule has 1 fully saturated rings. The molecule has 0 atom stereocenters. The third-order valence-corrected chi connectivity index (χ3v) is 4.42. The van der Waals surface area contributed by atoms with Crippen LogP contribution in [0, 0.1) is 5.82 Å². The van der Waals surface area contributed by atoms with Crippen LogP contribution in [0.3, 0.4) is 0 Å². The largest absolute Gasteiger partial charge is 0.298 e. The van der Waals surface area contributed by atoms with Crippen LogP contribution in [0.2, 0.25) is 0 Å². The number of carbonyl (C=O) groups excluding carboxylic acids is 1. The van der Waals surface area contributed by atoms with Gasteiger partial charge in [-0.2, -0.15) is 0 Å². The lowest BCUT2D eigenvalue weighted by Crippen LogP contribution is -2.04. The molecule has 0 amide bonds. The zero-order chi connectivity index (χ0) is 14.7. The van der Waals surface area contributed by atoms with Crippen molar-refractivity contribution in [3.05, 3.63) is 59.4 Å². The minimum absolute atomic E-state index is 0.286. The second-order valence-corrected chi connectivity index (χ2v) is 5.81. The maximum atomic E-state index is 13.9. The van der Waals surface area contributed by atoms with Gasteiger partial charge in [0.25, 0.3) is 0 Å². The van der Waals surface area contributed by atoms with Gasteiger partial charge < -0.3 is 0 Å². The van der Waals surface area contributed by atoms with E-state index < -0.39 is 0 Å². The predicted molar refractivity (Wildman–Crippen MR) is 83.0 cm³/mol. The van der Waals surface area contributed by atoms with Crippen LogP contribution in [0.25, 0.3) is 11.1 Å². The van der Waals surface area contributed by atoms with Gasteiger partial charge in [0.2, 0.25) is 0 Å². The molecule has 0 N–H and O–H groups in total. The van der Waals surface area contributed by atoms with E-state index in [1.807, 2.05) is 12.1 Å².